The maximum absolute atomic E-state index is 10.8. The van der Waals surface area contributed by atoms with Crippen LogP contribution in [0.3, 0.4) is 0 Å². The highest BCUT2D eigenvalue weighted by molar-refractivity contribution is 5.73. The molecule has 3 nitrogen and oxygen atoms in total. The smallest absolute Gasteiger partial charge is 0.309 e. The molecule has 0 spiro atoms. The number of rotatable bonds is 9. The number of carbonyl (C=O) groups is 1. The average Bonchev–Trinajstić information content (AvgIpc) is 2.16. The Labute approximate surface area is 92.1 Å². The van der Waals surface area contributed by atoms with E-state index in [0.717, 1.165) is 19.3 Å². The second kappa shape index (κ2) is 7.46. The maximum atomic E-state index is 10.8. The molecule has 0 heterocycles. The van der Waals surface area contributed by atoms with Gasteiger partial charge >= 0.3 is 5.97 Å². The summed E-state index contributed by atoms with van der Waals surface area (Å²) in [6.45, 7) is 8.54. The summed E-state index contributed by atoms with van der Waals surface area (Å²) in [6, 6.07) is 0. The van der Waals surface area contributed by atoms with E-state index in [1.807, 2.05) is 6.08 Å². The molecule has 0 amide bonds. The van der Waals surface area contributed by atoms with Gasteiger partial charge in [0.15, 0.2) is 0 Å². The Balaban J connectivity index is 3.38. The fourth-order valence-corrected chi connectivity index (χ4v) is 1.15. The number of carboxylic acid groups (broad SMARTS) is 1. The van der Waals surface area contributed by atoms with Gasteiger partial charge in [0.25, 0.3) is 0 Å². The average molecular weight is 214 g/mol. The molecule has 0 rings (SSSR count). The summed E-state index contributed by atoms with van der Waals surface area (Å²) in [5, 5.41) is 8.87. The quantitative estimate of drug-likeness (QED) is 0.474. The highest BCUT2D eigenvalue weighted by Crippen LogP contribution is 2.23. The van der Waals surface area contributed by atoms with Crippen LogP contribution in [0.15, 0.2) is 12.7 Å². The molecule has 88 valence electrons. The molecule has 0 saturated carbocycles. The molecule has 3 heteroatoms. The summed E-state index contributed by atoms with van der Waals surface area (Å²) >= 11 is 0. The summed E-state index contributed by atoms with van der Waals surface area (Å²) in [5.74, 6) is -0.727. The van der Waals surface area contributed by atoms with Gasteiger partial charge in [-0.05, 0) is 33.1 Å². The lowest BCUT2D eigenvalue weighted by molar-refractivity contribution is -0.147. The van der Waals surface area contributed by atoms with E-state index in [1.54, 1.807) is 13.8 Å². The van der Waals surface area contributed by atoms with E-state index in [0.29, 0.717) is 19.6 Å². The van der Waals surface area contributed by atoms with Crippen molar-refractivity contribution in [2.75, 3.05) is 13.2 Å². The summed E-state index contributed by atoms with van der Waals surface area (Å²) in [7, 11) is 0. The second-order valence-corrected chi connectivity index (χ2v) is 4.34. The third kappa shape index (κ3) is 7.14. The highest BCUT2D eigenvalue weighted by atomic mass is 16.5. The molecule has 0 aliphatic carbocycles. The van der Waals surface area contributed by atoms with Gasteiger partial charge in [0, 0.05) is 13.2 Å². The van der Waals surface area contributed by atoms with Crippen LogP contribution in [0.25, 0.3) is 0 Å². The second-order valence-electron chi connectivity index (χ2n) is 4.34. The molecule has 0 aromatic rings. The van der Waals surface area contributed by atoms with Crippen LogP contribution in [0.1, 0.15) is 39.5 Å². The molecule has 0 bridgehead atoms. The van der Waals surface area contributed by atoms with Crippen LogP contribution >= 0.6 is 0 Å². The van der Waals surface area contributed by atoms with Crippen LogP contribution in [0, 0.1) is 5.41 Å². The molecular weight excluding hydrogens is 192 g/mol. The zero-order valence-electron chi connectivity index (χ0n) is 9.79. The fraction of sp³-hybridized carbons (Fsp3) is 0.750. The van der Waals surface area contributed by atoms with E-state index in [-0.39, 0.29) is 0 Å². The first kappa shape index (κ1) is 14.2. The lowest BCUT2D eigenvalue weighted by atomic mass is 9.87. The SMILES string of the molecule is C=CCCOCCCCC(C)(C)C(=O)O. The predicted molar refractivity (Wildman–Crippen MR) is 60.9 cm³/mol. The van der Waals surface area contributed by atoms with E-state index in [1.165, 1.54) is 0 Å². The minimum atomic E-state index is -0.727. The van der Waals surface area contributed by atoms with Gasteiger partial charge in [-0.3, -0.25) is 4.79 Å². The van der Waals surface area contributed by atoms with Gasteiger partial charge in [0.1, 0.15) is 0 Å². The van der Waals surface area contributed by atoms with E-state index in [9.17, 15) is 4.79 Å². The lowest BCUT2D eigenvalue weighted by Gasteiger charge is -2.18. The van der Waals surface area contributed by atoms with Crippen molar-refractivity contribution < 1.29 is 14.6 Å². The van der Waals surface area contributed by atoms with Gasteiger partial charge in [0.05, 0.1) is 5.41 Å². The van der Waals surface area contributed by atoms with Crippen molar-refractivity contribution in [3.05, 3.63) is 12.7 Å². The van der Waals surface area contributed by atoms with Crippen molar-refractivity contribution >= 4 is 5.97 Å². The standard InChI is InChI=1S/C12H22O3/c1-4-5-9-15-10-7-6-8-12(2,3)11(13)14/h4H,1,5-10H2,2-3H3,(H,13,14). The summed E-state index contributed by atoms with van der Waals surface area (Å²) in [4.78, 5) is 10.8. The molecule has 0 radical (unpaired) electrons. The molecule has 0 fully saturated rings. The lowest BCUT2D eigenvalue weighted by Crippen LogP contribution is -2.23. The fourth-order valence-electron chi connectivity index (χ4n) is 1.15. The Morgan fingerprint density at radius 2 is 2.07 bits per heavy atom. The van der Waals surface area contributed by atoms with Crippen LogP contribution in [0.2, 0.25) is 0 Å². The van der Waals surface area contributed by atoms with Gasteiger partial charge in [-0.15, -0.1) is 6.58 Å². The minimum Gasteiger partial charge on any atom is -0.481 e. The van der Waals surface area contributed by atoms with Gasteiger partial charge in [-0.25, -0.2) is 0 Å². The van der Waals surface area contributed by atoms with Crippen molar-refractivity contribution in [1.82, 2.24) is 0 Å². The minimum absolute atomic E-state index is 0.610. The van der Waals surface area contributed by atoms with Crippen LogP contribution < -0.4 is 0 Å². The molecule has 0 aromatic carbocycles. The van der Waals surface area contributed by atoms with E-state index >= 15 is 0 Å². The summed E-state index contributed by atoms with van der Waals surface area (Å²) in [6.07, 6.45) is 5.22. The molecule has 0 atom stereocenters. The van der Waals surface area contributed by atoms with E-state index < -0.39 is 11.4 Å². The van der Waals surface area contributed by atoms with Crippen LogP contribution in [0.4, 0.5) is 0 Å². The van der Waals surface area contributed by atoms with E-state index in [4.69, 9.17) is 9.84 Å². The molecule has 0 aliphatic rings. The first-order valence-electron chi connectivity index (χ1n) is 5.43. The zero-order valence-corrected chi connectivity index (χ0v) is 9.79. The molecule has 0 saturated heterocycles. The van der Waals surface area contributed by atoms with Crippen LogP contribution in [-0.2, 0) is 9.53 Å². The predicted octanol–water partition coefficient (Wildman–Crippen LogP) is 2.86. The third-order valence-electron chi connectivity index (χ3n) is 2.39. The first-order chi connectivity index (χ1) is 7.00. The first-order valence-corrected chi connectivity index (χ1v) is 5.43. The Morgan fingerprint density at radius 3 is 2.60 bits per heavy atom. The van der Waals surface area contributed by atoms with Crippen molar-refractivity contribution in [3.8, 4) is 0 Å². The number of hydrogen-bond donors (Lipinski definition) is 1. The van der Waals surface area contributed by atoms with Gasteiger partial charge in [-0.2, -0.15) is 0 Å². The Morgan fingerprint density at radius 1 is 1.40 bits per heavy atom. The normalized spacial score (nSPS) is 11.3. The molecule has 15 heavy (non-hydrogen) atoms. The van der Waals surface area contributed by atoms with Gasteiger partial charge < -0.3 is 9.84 Å². The Hall–Kier alpha value is -0.830. The monoisotopic (exact) mass is 214 g/mol. The van der Waals surface area contributed by atoms with Crippen molar-refractivity contribution in [3.63, 3.8) is 0 Å². The highest BCUT2D eigenvalue weighted by Gasteiger charge is 2.25. The molecule has 0 unspecified atom stereocenters. The molecule has 1 N–H and O–H groups in total. The van der Waals surface area contributed by atoms with Crippen molar-refractivity contribution in [1.29, 1.82) is 0 Å². The molecular formula is C12H22O3. The number of ether oxygens (including phenoxy) is 1. The molecule has 0 aromatic heterocycles. The topological polar surface area (TPSA) is 46.5 Å². The largest absolute Gasteiger partial charge is 0.481 e. The number of unbranched alkanes of at least 4 members (excludes halogenated alkanes) is 1. The van der Waals surface area contributed by atoms with Gasteiger partial charge in [-0.1, -0.05) is 12.5 Å². The Bertz CT molecular complexity index is 197. The summed E-state index contributed by atoms with van der Waals surface area (Å²) in [5.41, 5.74) is -0.610. The third-order valence-corrected chi connectivity index (χ3v) is 2.39. The van der Waals surface area contributed by atoms with Crippen LogP contribution in [-0.4, -0.2) is 24.3 Å². The van der Waals surface area contributed by atoms with Crippen molar-refractivity contribution in [2.24, 2.45) is 5.41 Å². The number of aliphatic carboxylic acids is 1. The summed E-state index contributed by atoms with van der Waals surface area (Å²) < 4.78 is 5.33. The number of hydrogen-bond acceptors (Lipinski definition) is 2. The van der Waals surface area contributed by atoms with Crippen LogP contribution in [0.5, 0.6) is 0 Å². The number of carboxylic acids is 1. The molecule has 0 aliphatic heterocycles. The Kier molecular flexibility index (Phi) is 7.05. The van der Waals surface area contributed by atoms with Gasteiger partial charge in [0.2, 0.25) is 0 Å². The van der Waals surface area contributed by atoms with E-state index in [2.05, 4.69) is 6.58 Å². The zero-order chi connectivity index (χ0) is 11.7. The maximum Gasteiger partial charge on any atom is 0.309 e. The van der Waals surface area contributed by atoms with Crippen molar-refractivity contribution in [2.45, 2.75) is 39.5 Å².